The van der Waals surface area contributed by atoms with Gasteiger partial charge in [-0.2, -0.15) is 0 Å². The van der Waals surface area contributed by atoms with Gasteiger partial charge in [0.05, 0.1) is 5.92 Å². The molecule has 1 aliphatic carbocycles. The first-order chi connectivity index (χ1) is 9.11. The van der Waals surface area contributed by atoms with Crippen LogP contribution in [0, 0.1) is 5.92 Å². The summed E-state index contributed by atoms with van der Waals surface area (Å²) in [6.07, 6.45) is 4.61. The lowest BCUT2D eigenvalue weighted by Crippen LogP contribution is -2.15. The number of Topliss-reactive ketones (excluding diaryl/α,β-unsaturated/α-hetero) is 1. The molecule has 1 aromatic carbocycles. The summed E-state index contributed by atoms with van der Waals surface area (Å²) in [7, 11) is 0. The van der Waals surface area contributed by atoms with Gasteiger partial charge in [-0.05, 0) is 30.4 Å². The molecular weight excluding hydrogens is 240 g/mol. The van der Waals surface area contributed by atoms with Gasteiger partial charge in [-0.25, -0.2) is 0 Å². The molecule has 0 aromatic heterocycles. The first-order valence-corrected chi connectivity index (χ1v) is 6.67. The lowest BCUT2D eigenvalue weighted by Gasteiger charge is -2.18. The number of allylic oxidation sites excluding steroid dienone is 2. The third-order valence-electron chi connectivity index (χ3n) is 3.66. The van der Waals surface area contributed by atoms with Crippen LogP contribution in [0.4, 0.5) is 0 Å². The summed E-state index contributed by atoms with van der Waals surface area (Å²) in [5, 5.41) is 8.95. The summed E-state index contributed by atoms with van der Waals surface area (Å²) in [5.74, 6) is -0.806. The summed E-state index contributed by atoms with van der Waals surface area (Å²) in [6.45, 7) is 1.85. The van der Waals surface area contributed by atoms with Crippen molar-refractivity contribution in [2.24, 2.45) is 5.92 Å². The average Bonchev–Trinajstić information content (AvgIpc) is 2.46. The van der Waals surface area contributed by atoms with Crippen LogP contribution in [-0.4, -0.2) is 16.9 Å². The third-order valence-corrected chi connectivity index (χ3v) is 3.66. The van der Waals surface area contributed by atoms with Crippen LogP contribution < -0.4 is 0 Å². The Balaban J connectivity index is 2.11. The zero-order chi connectivity index (χ0) is 13.8. The van der Waals surface area contributed by atoms with E-state index < -0.39 is 5.97 Å². The largest absolute Gasteiger partial charge is 0.481 e. The molecule has 1 atom stereocenters. The number of hydrogen-bond acceptors (Lipinski definition) is 2. The molecule has 2 rings (SSSR count). The standard InChI is InChI=1S/C16H18O3/c1-2-15(17)13-7-3-11(4-8-13)12-5-9-14(10-6-12)16(18)19/h3-5,7-8,14H,2,6,9-10H2,1H3,(H,18,19). The maximum absolute atomic E-state index is 11.5. The van der Waals surface area contributed by atoms with E-state index in [1.165, 1.54) is 5.57 Å². The lowest BCUT2D eigenvalue weighted by atomic mass is 9.86. The summed E-state index contributed by atoms with van der Waals surface area (Å²) in [4.78, 5) is 22.4. The van der Waals surface area contributed by atoms with Crippen molar-refractivity contribution in [3.8, 4) is 0 Å². The van der Waals surface area contributed by atoms with Crippen LogP contribution in [0.3, 0.4) is 0 Å². The highest BCUT2D eigenvalue weighted by Gasteiger charge is 2.21. The number of carbonyl (C=O) groups is 2. The van der Waals surface area contributed by atoms with Crippen LogP contribution in [0.5, 0.6) is 0 Å². The molecule has 1 aliphatic rings. The van der Waals surface area contributed by atoms with Gasteiger partial charge in [0.1, 0.15) is 0 Å². The summed E-state index contributed by atoms with van der Waals surface area (Å²) in [6, 6.07) is 7.61. The molecular formula is C16H18O3. The zero-order valence-electron chi connectivity index (χ0n) is 11.1. The van der Waals surface area contributed by atoms with E-state index in [0.717, 1.165) is 17.5 Å². The van der Waals surface area contributed by atoms with E-state index in [1.54, 1.807) is 0 Å². The Morgan fingerprint density at radius 3 is 2.42 bits per heavy atom. The number of aliphatic carboxylic acids is 1. The van der Waals surface area contributed by atoms with Gasteiger partial charge < -0.3 is 5.11 Å². The highest BCUT2D eigenvalue weighted by Crippen LogP contribution is 2.30. The first kappa shape index (κ1) is 13.5. The summed E-state index contributed by atoms with van der Waals surface area (Å²) >= 11 is 0. The minimum atomic E-state index is -0.709. The molecule has 0 radical (unpaired) electrons. The van der Waals surface area contributed by atoms with Crippen LogP contribution in [0.1, 0.15) is 48.5 Å². The van der Waals surface area contributed by atoms with Crippen molar-refractivity contribution < 1.29 is 14.7 Å². The van der Waals surface area contributed by atoms with Crippen molar-refractivity contribution in [1.82, 2.24) is 0 Å². The molecule has 0 fully saturated rings. The molecule has 0 aliphatic heterocycles. The van der Waals surface area contributed by atoms with Crippen LogP contribution in [0.25, 0.3) is 5.57 Å². The minimum Gasteiger partial charge on any atom is -0.481 e. The number of rotatable bonds is 4. The van der Waals surface area contributed by atoms with Crippen molar-refractivity contribution >= 4 is 17.3 Å². The summed E-state index contributed by atoms with van der Waals surface area (Å²) in [5.41, 5.74) is 3.02. The molecule has 0 saturated carbocycles. The normalized spacial score (nSPS) is 18.8. The Bertz CT molecular complexity index is 511. The predicted molar refractivity (Wildman–Crippen MR) is 74.0 cm³/mol. The van der Waals surface area contributed by atoms with Crippen LogP contribution >= 0.6 is 0 Å². The van der Waals surface area contributed by atoms with Gasteiger partial charge in [0, 0.05) is 12.0 Å². The van der Waals surface area contributed by atoms with E-state index in [-0.39, 0.29) is 11.7 Å². The van der Waals surface area contributed by atoms with Crippen molar-refractivity contribution in [3.63, 3.8) is 0 Å². The van der Waals surface area contributed by atoms with Crippen LogP contribution in [-0.2, 0) is 4.79 Å². The van der Waals surface area contributed by atoms with Gasteiger partial charge in [0.2, 0.25) is 0 Å². The van der Waals surface area contributed by atoms with Gasteiger partial charge in [-0.15, -0.1) is 0 Å². The topological polar surface area (TPSA) is 54.4 Å². The predicted octanol–water partition coefficient (Wildman–Crippen LogP) is 3.55. The first-order valence-electron chi connectivity index (χ1n) is 6.67. The molecule has 0 spiro atoms. The van der Waals surface area contributed by atoms with E-state index in [2.05, 4.69) is 0 Å². The average molecular weight is 258 g/mol. The van der Waals surface area contributed by atoms with Crippen molar-refractivity contribution in [1.29, 1.82) is 0 Å². The Morgan fingerprint density at radius 1 is 1.26 bits per heavy atom. The number of carbonyl (C=O) groups excluding carboxylic acids is 1. The molecule has 3 nitrogen and oxygen atoms in total. The van der Waals surface area contributed by atoms with Gasteiger partial charge in [0.15, 0.2) is 5.78 Å². The Hall–Kier alpha value is -1.90. The monoisotopic (exact) mass is 258 g/mol. The highest BCUT2D eigenvalue weighted by molar-refractivity contribution is 5.96. The molecule has 19 heavy (non-hydrogen) atoms. The fourth-order valence-corrected chi connectivity index (χ4v) is 2.39. The number of carboxylic acids is 1. The van der Waals surface area contributed by atoms with Crippen molar-refractivity contribution in [2.75, 3.05) is 0 Å². The molecule has 3 heteroatoms. The zero-order valence-corrected chi connectivity index (χ0v) is 11.1. The molecule has 0 amide bonds. The van der Waals surface area contributed by atoms with Crippen LogP contribution in [0.15, 0.2) is 30.3 Å². The number of carboxylic acid groups (broad SMARTS) is 1. The van der Waals surface area contributed by atoms with E-state index >= 15 is 0 Å². The van der Waals surface area contributed by atoms with E-state index in [0.29, 0.717) is 19.3 Å². The van der Waals surface area contributed by atoms with Gasteiger partial charge in [-0.1, -0.05) is 37.3 Å². The number of hydrogen-bond donors (Lipinski definition) is 1. The maximum atomic E-state index is 11.5. The molecule has 1 N–H and O–H groups in total. The van der Waals surface area contributed by atoms with Gasteiger partial charge in [-0.3, -0.25) is 9.59 Å². The molecule has 0 bridgehead atoms. The molecule has 1 aromatic rings. The maximum Gasteiger partial charge on any atom is 0.306 e. The van der Waals surface area contributed by atoms with E-state index in [9.17, 15) is 9.59 Å². The van der Waals surface area contributed by atoms with E-state index in [4.69, 9.17) is 5.11 Å². The molecule has 0 saturated heterocycles. The number of benzene rings is 1. The molecule has 1 unspecified atom stereocenters. The van der Waals surface area contributed by atoms with E-state index in [1.807, 2.05) is 37.3 Å². The van der Waals surface area contributed by atoms with Gasteiger partial charge in [0.25, 0.3) is 0 Å². The third kappa shape index (κ3) is 3.11. The second-order valence-electron chi connectivity index (χ2n) is 4.89. The second-order valence-corrected chi connectivity index (χ2v) is 4.89. The molecule has 0 heterocycles. The SMILES string of the molecule is CCC(=O)c1ccc(C2=CCC(C(=O)O)CC2)cc1. The highest BCUT2D eigenvalue weighted by atomic mass is 16.4. The fraction of sp³-hybridized carbons (Fsp3) is 0.375. The smallest absolute Gasteiger partial charge is 0.306 e. The Morgan fingerprint density at radius 2 is 1.95 bits per heavy atom. The fourth-order valence-electron chi connectivity index (χ4n) is 2.39. The Kier molecular flexibility index (Phi) is 4.15. The van der Waals surface area contributed by atoms with Crippen LogP contribution in [0.2, 0.25) is 0 Å². The second kappa shape index (κ2) is 5.83. The quantitative estimate of drug-likeness (QED) is 0.840. The van der Waals surface area contributed by atoms with Crippen molar-refractivity contribution in [3.05, 3.63) is 41.5 Å². The summed E-state index contributed by atoms with van der Waals surface area (Å²) < 4.78 is 0. The lowest BCUT2D eigenvalue weighted by molar-refractivity contribution is -0.141. The van der Waals surface area contributed by atoms with Gasteiger partial charge >= 0.3 is 5.97 Å². The number of ketones is 1. The van der Waals surface area contributed by atoms with Crippen molar-refractivity contribution in [2.45, 2.75) is 32.6 Å². The molecule has 100 valence electrons. The minimum absolute atomic E-state index is 0.148. The Labute approximate surface area is 113 Å².